The van der Waals surface area contributed by atoms with Crippen molar-refractivity contribution in [1.82, 2.24) is 13.5 Å². The summed E-state index contributed by atoms with van der Waals surface area (Å²) < 4.78 is 27.0. The summed E-state index contributed by atoms with van der Waals surface area (Å²) in [5.41, 5.74) is 0.793. The van der Waals surface area contributed by atoms with Gasteiger partial charge in [0.2, 0.25) is 5.91 Å². The number of carbonyl (C=O) groups excluding carboxylic acids is 1. The molecule has 0 spiro atoms. The van der Waals surface area contributed by atoms with Gasteiger partial charge in [-0.3, -0.25) is 4.79 Å². The highest BCUT2D eigenvalue weighted by atomic mass is 35.5. The van der Waals surface area contributed by atoms with E-state index in [0.717, 1.165) is 5.56 Å². The first-order chi connectivity index (χ1) is 10.8. The largest absolute Gasteiger partial charge is 0.341 e. The fraction of sp³-hybridized carbons (Fsp3) is 0.533. The quantitative estimate of drug-likeness (QED) is 0.812. The highest BCUT2D eigenvalue weighted by molar-refractivity contribution is 7.86. The van der Waals surface area contributed by atoms with Crippen LogP contribution in [-0.4, -0.2) is 68.1 Å². The van der Waals surface area contributed by atoms with Gasteiger partial charge >= 0.3 is 0 Å². The van der Waals surface area contributed by atoms with Crippen molar-refractivity contribution in [3.05, 3.63) is 34.9 Å². The van der Waals surface area contributed by atoms with Crippen molar-refractivity contribution in [2.75, 3.05) is 40.3 Å². The average molecular weight is 360 g/mol. The van der Waals surface area contributed by atoms with Crippen LogP contribution in [0.2, 0.25) is 5.02 Å². The SMILES string of the molecule is CN(C)S(=O)(=O)N1CCCN(C(=O)Cc2ccccc2Cl)CC1. The minimum Gasteiger partial charge on any atom is -0.341 e. The molecule has 1 saturated heterocycles. The Hall–Kier alpha value is -1.15. The second-order valence-corrected chi connectivity index (χ2v) is 8.24. The molecule has 0 radical (unpaired) electrons. The maximum atomic E-state index is 12.5. The van der Waals surface area contributed by atoms with Gasteiger partial charge in [0.25, 0.3) is 10.2 Å². The van der Waals surface area contributed by atoms with E-state index in [-0.39, 0.29) is 12.3 Å². The summed E-state index contributed by atoms with van der Waals surface area (Å²) in [5.74, 6) is -0.0257. The van der Waals surface area contributed by atoms with E-state index in [1.807, 2.05) is 18.2 Å². The van der Waals surface area contributed by atoms with Gasteiger partial charge in [0.1, 0.15) is 0 Å². The minimum absolute atomic E-state index is 0.0257. The van der Waals surface area contributed by atoms with Gasteiger partial charge < -0.3 is 4.90 Å². The van der Waals surface area contributed by atoms with Crippen LogP contribution in [0.3, 0.4) is 0 Å². The Morgan fingerprint density at radius 3 is 2.52 bits per heavy atom. The lowest BCUT2D eigenvalue weighted by atomic mass is 10.1. The number of nitrogens with zero attached hydrogens (tertiary/aromatic N) is 3. The zero-order valence-electron chi connectivity index (χ0n) is 13.4. The summed E-state index contributed by atoms with van der Waals surface area (Å²) in [6.07, 6.45) is 0.863. The van der Waals surface area contributed by atoms with E-state index in [9.17, 15) is 13.2 Å². The van der Waals surface area contributed by atoms with Crippen LogP contribution in [0, 0.1) is 0 Å². The van der Waals surface area contributed by atoms with Gasteiger partial charge in [0.05, 0.1) is 6.42 Å². The van der Waals surface area contributed by atoms with Crippen molar-refractivity contribution in [3.8, 4) is 0 Å². The maximum Gasteiger partial charge on any atom is 0.281 e. The molecule has 6 nitrogen and oxygen atoms in total. The molecule has 8 heteroatoms. The molecule has 0 saturated carbocycles. The highest BCUT2D eigenvalue weighted by Gasteiger charge is 2.28. The van der Waals surface area contributed by atoms with Crippen molar-refractivity contribution in [2.24, 2.45) is 0 Å². The van der Waals surface area contributed by atoms with E-state index in [1.165, 1.54) is 22.7 Å². The molecule has 2 rings (SSSR count). The lowest BCUT2D eigenvalue weighted by Crippen LogP contribution is -2.42. The lowest BCUT2D eigenvalue weighted by Gasteiger charge is -2.24. The van der Waals surface area contributed by atoms with Crippen LogP contribution in [0.25, 0.3) is 0 Å². The molecule has 0 N–H and O–H groups in total. The summed E-state index contributed by atoms with van der Waals surface area (Å²) in [6, 6.07) is 7.27. The Balaban J connectivity index is 2.00. The van der Waals surface area contributed by atoms with Crippen molar-refractivity contribution in [2.45, 2.75) is 12.8 Å². The Labute approximate surface area is 142 Å². The van der Waals surface area contributed by atoms with Gasteiger partial charge in [0, 0.05) is 45.3 Å². The predicted molar refractivity (Wildman–Crippen MR) is 90.5 cm³/mol. The van der Waals surface area contributed by atoms with Crippen LogP contribution in [0.1, 0.15) is 12.0 Å². The highest BCUT2D eigenvalue weighted by Crippen LogP contribution is 2.17. The van der Waals surface area contributed by atoms with Crippen molar-refractivity contribution in [3.63, 3.8) is 0 Å². The molecule has 1 aliphatic heterocycles. The van der Waals surface area contributed by atoms with Crippen molar-refractivity contribution < 1.29 is 13.2 Å². The zero-order valence-corrected chi connectivity index (χ0v) is 15.0. The van der Waals surface area contributed by atoms with Gasteiger partial charge in [-0.2, -0.15) is 17.0 Å². The number of hydrogen-bond donors (Lipinski definition) is 0. The molecule has 1 fully saturated rings. The Morgan fingerprint density at radius 1 is 1.17 bits per heavy atom. The standard InChI is InChI=1S/C15H22ClN3O3S/c1-17(2)23(21,22)19-9-5-8-18(10-11-19)15(20)12-13-6-3-4-7-14(13)16/h3-4,6-7H,5,8-12H2,1-2H3. The lowest BCUT2D eigenvalue weighted by molar-refractivity contribution is -0.130. The van der Waals surface area contributed by atoms with E-state index in [2.05, 4.69) is 0 Å². The summed E-state index contributed by atoms with van der Waals surface area (Å²) in [6.45, 7) is 1.70. The maximum absolute atomic E-state index is 12.5. The number of amides is 1. The Kier molecular flexibility index (Phi) is 6.02. The monoisotopic (exact) mass is 359 g/mol. The summed E-state index contributed by atoms with van der Waals surface area (Å²) in [7, 11) is -0.402. The number of halogens is 1. The third kappa shape index (κ3) is 4.44. The fourth-order valence-corrected chi connectivity index (χ4v) is 3.86. The van der Waals surface area contributed by atoms with Crippen molar-refractivity contribution >= 4 is 27.7 Å². The van der Waals surface area contributed by atoms with Crippen LogP contribution in [0.4, 0.5) is 0 Å². The molecule has 0 aliphatic carbocycles. The first kappa shape index (κ1) is 18.2. The topological polar surface area (TPSA) is 60.9 Å². The molecule has 0 aromatic heterocycles. The van der Waals surface area contributed by atoms with Gasteiger partial charge in [-0.15, -0.1) is 0 Å². The summed E-state index contributed by atoms with van der Waals surface area (Å²) in [4.78, 5) is 14.2. The summed E-state index contributed by atoms with van der Waals surface area (Å²) in [5, 5.41) is 0.576. The zero-order chi connectivity index (χ0) is 17.0. The molecule has 1 heterocycles. The molecule has 0 bridgehead atoms. The molecule has 1 aliphatic rings. The average Bonchev–Trinajstić information content (AvgIpc) is 2.75. The molecule has 23 heavy (non-hydrogen) atoms. The van der Waals surface area contributed by atoms with Crippen LogP contribution >= 0.6 is 11.6 Å². The minimum atomic E-state index is -3.43. The molecule has 0 atom stereocenters. The molecular weight excluding hydrogens is 338 g/mol. The molecule has 1 aromatic rings. The third-order valence-electron chi connectivity index (χ3n) is 3.89. The van der Waals surface area contributed by atoms with E-state index in [0.29, 0.717) is 37.6 Å². The molecule has 0 unspecified atom stereocenters. The predicted octanol–water partition coefficient (Wildman–Crippen LogP) is 1.22. The molecule has 1 amide bonds. The van der Waals surface area contributed by atoms with Crippen LogP contribution < -0.4 is 0 Å². The van der Waals surface area contributed by atoms with Gasteiger partial charge in [-0.05, 0) is 18.1 Å². The van der Waals surface area contributed by atoms with E-state index in [1.54, 1.807) is 11.0 Å². The van der Waals surface area contributed by atoms with Gasteiger partial charge in [-0.1, -0.05) is 29.8 Å². The molecular formula is C15H22ClN3O3S. The first-order valence-corrected chi connectivity index (χ1v) is 9.28. The van der Waals surface area contributed by atoms with Gasteiger partial charge in [-0.25, -0.2) is 0 Å². The molecule has 1 aromatic carbocycles. The van der Waals surface area contributed by atoms with E-state index in [4.69, 9.17) is 11.6 Å². The third-order valence-corrected chi connectivity index (χ3v) is 6.20. The van der Waals surface area contributed by atoms with Gasteiger partial charge in [0.15, 0.2) is 0 Å². The van der Waals surface area contributed by atoms with Crippen LogP contribution in [-0.2, 0) is 21.4 Å². The number of benzene rings is 1. The second-order valence-electron chi connectivity index (χ2n) is 5.69. The number of rotatable bonds is 4. The number of hydrogen-bond acceptors (Lipinski definition) is 3. The first-order valence-electron chi connectivity index (χ1n) is 7.51. The normalized spacial score (nSPS) is 17.3. The number of carbonyl (C=O) groups is 1. The van der Waals surface area contributed by atoms with Crippen LogP contribution in [0.15, 0.2) is 24.3 Å². The molecule has 128 valence electrons. The van der Waals surface area contributed by atoms with Crippen LogP contribution in [0.5, 0.6) is 0 Å². The smallest absolute Gasteiger partial charge is 0.281 e. The summed E-state index contributed by atoms with van der Waals surface area (Å²) >= 11 is 6.09. The Bertz CT molecular complexity index is 664. The van der Waals surface area contributed by atoms with Crippen molar-refractivity contribution in [1.29, 1.82) is 0 Å². The van der Waals surface area contributed by atoms with E-state index < -0.39 is 10.2 Å². The fourth-order valence-electron chi connectivity index (χ4n) is 2.52. The van der Waals surface area contributed by atoms with E-state index >= 15 is 0 Å². The Morgan fingerprint density at radius 2 is 1.87 bits per heavy atom. The second kappa shape index (κ2) is 7.61.